The van der Waals surface area contributed by atoms with Gasteiger partial charge in [0.05, 0.1) is 0 Å². The van der Waals surface area contributed by atoms with Crippen molar-refractivity contribution in [2.24, 2.45) is 0 Å². The van der Waals surface area contributed by atoms with E-state index >= 15 is 0 Å². The lowest BCUT2D eigenvalue weighted by Gasteiger charge is -2.22. The Kier molecular flexibility index (Phi) is 6.12. The van der Waals surface area contributed by atoms with Gasteiger partial charge in [0.2, 0.25) is 5.91 Å². The van der Waals surface area contributed by atoms with Crippen LogP contribution in [0.5, 0.6) is 0 Å². The van der Waals surface area contributed by atoms with Gasteiger partial charge in [0.25, 0.3) is 0 Å². The molecular formula is C16H22N2O5. The Morgan fingerprint density at radius 2 is 1.74 bits per heavy atom. The van der Waals surface area contributed by atoms with Crippen molar-refractivity contribution in [1.82, 2.24) is 5.32 Å². The highest BCUT2D eigenvalue weighted by Crippen LogP contribution is 2.12. The maximum absolute atomic E-state index is 11.7. The second-order valence-corrected chi connectivity index (χ2v) is 6.12. The molecule has 0 aliphatic carbocycles. The van der Waals surface area contributed by atoms with Gasteiger partial charge in [-0.15, -0.1) is 0 Å². The number of anilines is 1. The molecule has 1 aromatic rings. The summed E-state index contributed by atoms with van der Waals surface area (Å²) in [4.78, 5) is 33.9. The van der Waals surface area contributed by atoms with Crippen LogP contribution in [-0.4, -0.2) is 34.7 Å². The number of carboxylic acid groups (broad SMARTS) is 1. The van der Waals surface area contributed by atoms with Gasteiger partial charge in [0, 0.05) is 19.0 Å². The molecule has 0 spiro atoms. The first-order valence-electron chi connectivity index (χ1n) is 7.15. The first-order chi connectivity index (χ1) is 10.6. The number of nitrogens with one attached hydrogen (secondary N) is 2. The second-order valence-electron chi connectivity index (χ2n) is 6.12. The molecule has 0 saturated heterocycles. The van der Waals surface area contributed by atoms with Gasteiger partial charge in [0.15, 0.2) is 0 Å². The molecule has 0 aliphatic heterocycles. The molecule has 0 heterocycles. The number of carbonyl (C=O) groups excluding carboxylic acids is 2. The maximum Gasteiger partial charge on any atom is 0.408 e. The number of aliphatic carboxylic acids is 1. The minimum atomic E-state index is -1.15. The zero-order chi connectivity index (χ0) is 17.6. The Hall–Kier alpha value is -2.57. The number of amides is 2. The molecule has 7 heteroatoms. The lowest BCUT2D eigenvalue weighted by atomic mass is 10.1. The molecular weight excluding hydrogens is 300 g/mol. The summed E-state index contributed by atoms with van der Waals surface area (Å²) in [5, 5.41) is 14.2. The van der Waals surface area contributed by atoms with Crippen LogP contribution < -0.4 is 10.6 Å². The second kappa shape index (κ2) is 7.62. The van der Waals surface area contributed by atoms with Gasteiger partial charge < -0.3 is 20.5 Å². The van der Waals surface area contributed by atoms with E-state index in [1.165, 1.54) is 6.92 Å². The minimum Gasteiger partial charge on any atom is -0.480 e. The number of hydrogen-bond donors (Lipinski definition) is 3. The normalized spacial score (nSPS) is 12.2. The summed E-state index contributed by atoms with van der Waals surface area (Å²) in [6.07, 6.45) is -0.672. The fourth-order valence-corrected chi connectivity index (χ4v) is 1.81. The molecule has 0 aromatic heterocycles. The summed E-state index contributed by atoms with van der Waals surface area (Å²) in [5.41, 5.74) is 0.628. The molecule has 0 aliphatic rings. The van der Waals surface area contributed by atoms with Crippen molar-refractivity contribution in [2.45, 2.75) is 45.8 Å². The lowest BCUT2D eigenvalue weighted by Crippen LogP contribution is -2.44. The van der Waals surface area contributed by atoms with Crippen LogP contribution in [0.25, 0.3) is 0 Å². The number of carbonyl (C=O) groups is 3. The van der Waals surface area contributed by atoms with Crippen LogP contribution in [0.2, 0.25) is 0 Å². The van der Waals surface area contributed by atoms with E-state index in [4.69, 9.17) is 4.74 Å². The third kappa shape index (κ3) is 7.30. The lowest BCUT2D eigenvalue weighted by molar-refractivity contribution is -0.139. The molecule has 3 N–H and O–H groups in total. The first kappa shape index (κ1) is 18.5. The number of alkyl carbamates (subject to hydrolysis) is 1. The van der Waals surface area contributed by atoms with Crippen molar-refractivity contribution in [1.29, 1.82) is 0 Å². The Labute approximate surface area is 135 Å². The Bertz CT molecular complexity index is 575. The summed E-state index contributed by atoms with van der Waals surface area (Å²) >= 11 is 0. The number of rotatable bonds is 5. The molecule has 1 rings (SSSR count). The Balaban J connectivity index is 2.71. The average Bonchev–Trinajstić information content (AvgIpc) is 2.37. The fraction of sp³-hybridized carbons (Fsp3) is 0.438. The molecule has 23 heavy (non-hydrogen) atoms. The third-order valence-electron chi connectivity index (χ3n) is 2.70. The highest BCUT2D eigenvalue weighted by molar-refractivity contribution is 5.88. The van der Waals surface area contributed by atoms with Crippen molar-refractivity contribution in [2.75, 3.05) is 5.32 Å². The smallest absolute Gasteiger partial charge is 0.408 e. The molecule has 0 radical (unpaired) electrons. The number of ether oxygens (including phenoxy) is 1. The zero-order valence-corrected chi connectivity index (χ0v) is 13.7. The monoisotopic (exact) mass is 322 g/mol. The largest absolute Gasteiger partial charge is 0.480 e. The third-order valence-corrected chi connectivity index (χ3v) is 2.70. The Morgan fingerprint density at radius 1 is 1.17 bits per heavy atom. The molecule has 0 bridgehead atoms. The molecule has 0 saturated carbocycles. The van der Waals surface area contributed by atoms with E-state index < -0.39 is 23.7 Å². The van der Waals surface area contributed by atoms with Gasteiger partial charge >= 0.3 is 12.1 Å². The zero-order valence-electron chi connectivity index (χ0n) is 13.7. The standard InChI is InChI=1S/C16H22N2O5/c1-10(19)17-12-7-5-11(6-8-12)9-13(14(20)21)18-15(22)23-16(2,3)4/h5-8,13H,9H2,1-4H3,(H,17,19)(H,18,22)(H,20,21)/t13-/m1/s1. The molecule has 0 unspecified atom stereocenters. The molecule has 7 nitrogen and oxygen atoms in total. The SMILES string of the molecule is CC(=O)Nc1ccc(C[C@@H](NC(=O)OC(C)(C)C)C(=O)O)cc1. The van der Waals surface area contributed by atoms with Gasteiger partial charge in [-0.2, -0.15) is 0 Å². The summed E-state index contributed by atoms with van der Waals surface area (Å²) in [6.45, 7) is 6.49. The van der Waals surface area contributed by atoms with E-state index in [9.17, 15) is 19.5 Å². The van der Waals surface area contributed by atoms with Crippen LogP contribution in [0.15, 0.2) is 24.3 Å². The summed E-state index contributed by atoms with van der Waals surface area (Å²) in [6, 6.07) is 5.62. The van der Waals surface area contributed by atoms with Gasteiger partial charge in [0.1, 0.15) is 11.6 Å². The van der Waals surface area contributed by atoms with Crippen molar-refractivity contribution < 1.29 is 24.2 Å². The van der Waals surface area contributed by atoms with E-state index in [1.54, 1.807) is 45.0 Å². The quantitative estimate of drug-likeness (QED) is 0.770. The van der Waals surface area contributed by atoms with Crippen molar-refractivity contribution >= 4 is 23.7 Å². The van der Waals surface area contributed by atoms with Crippen LogP contribution in [-0.2, 0) is 20.7 Å². The molecule has 2 amide bonds. The van der Waals surface area contributed by atoms with Crippen LogP contribution in [0.3, 0.4) is 0 Å². The van der Waals surface area contributed by atoms with Gasteiger partial charge in [-0.1, -0.05) is 12.1 Å². The molecule has 0 fully saturated rings. The number of hydrogen-bond acceptors (Lipinski definition) is 4. The number of carboxylic acids is 1. The van der Waals surface area contributed by atoms with Gasteiger partial charge in [-0.3, -0.25) is 4.79 Å². The average molecular weight is 322 g/mol. The van der Waals surface area contributed by atoms with E-state index in [-0.39, 0.29) is 12.3 Å². The highest BCUT2D eigenvalue weighted by Gasteiger charge is 2.24. The van der Waals surface area contributed by atoms with Crippen LogP contribution >= 0.6 is 0 Å². The topological polar surface area (TPSA) is 105 Å². The van der Waals surface area contributed by atoms with Crippen molar-refractivity contribution in [3.8, 4) is 0 Å². The first-order valence-corrected chi connectivity index (χ1v) is 7.15. The highest BCUT2D eigenvalue weighted by atomic mass is 16.6. The van der Waals surface area contributed by atoms with Crippen LogP contribution in [0.4, 0.5) is 10.5 Å². The van der Waals surface area contributed by atoms with E-state index in [0.717, 1.165) is 0 Å². The Morgan fingerprint density at radius 3 is 2.17 bits per heavy atom. The van der Waals surface area contributed by atoms with Crippen LogP contribution in [0.1, 0.15) is 33.3 Å². The summed E-state index contributed by atoms with van der Waals surface area (Å²) in [7, 11) is 0. The maximum atomic E-state index is 11.7. The summed E-state index contributed by atoms with van der Waals surface area (Å²) in [5.74, 6) is -1.34. The predicted octanol–water partition coefficient (Wildman–Crippen LogP) is 2.17. The predicted molar refractivity (Wildman–Crippen MR) is 85.2 cm³/mol. The molecule has 126 valence electrons. The number of benzene rings is 1. The fourth-order valence-electron chi connectivity index (χ4n) is 1.81. The minimum absolute atomic E-state index is 0.106. The summed E-state index contributed by atoms with van der Waals surface area (Å²) < 4.78 is 5.06. The van der Waals surface area contributed by atoms with Crippen LogP contribution in [0, 0.1) is 0 Å². The van der Waals surface area contributed by atoms with E-state index in [0.29, 0.717) is 11.3 Å². The van der Waals surface area contributed by atoms with E-state index in [1.807, 2.05) is 0 Å². The molecule has 1 atom stereocenters. The van der Waals surface area contributed by atoms with Gasteiger partial charge in [-0.05, 0) is 38.5 Å². The van der Waals surface area contributed by atoms with E-state index in [2.05, 4.69) is 10.6 Å². The van der Waals surface area contributed by atoms with Crippen molar-refractivity contribution in [3.63, 3.8) is 0 Å². The molecule has 1 aromatic carbocycles. The van der Waals surface area contributed by atoms with Crippen molar-refractivity contribution in [3.05, 3.63) is 29.8 Å². The van der Waals surface area contributed by atoms with Gasteiger partial charge in [-0.25, -0.2) is 9.59 Å².